The lowest BCUT2D eigenvalue weighted by molar-refractivity contribution is 0.295. The SMILES string of the molecule is CC(C)n1ncc2c1-c1cn(C)nc1CO2. The molecule has 1 aliphatic heterocycles. The standard InChI is InChI=1S/C11H14N4O/c1-7(2)15-11-8-5-14(3)13-9(8)6-16-10(11)4-12-15/h4-5,7H,6H2,1-3H3. The third kappa shape index (κ3) is 1.17. The molecule has 16 heavy (non-hydrogen) atoms. The lowest BCUT2D eigenvalue weighted by atomic mass is 10.1. The highest BCUT2D eigenvalue weighted by Crippen LogP contribution is 2.37. The van der Waals surface area contributed by atoms with E-state index in [-0.39, 0.29) is 0 Å². The predicted octanol–water partition coefficient (Wildman–Crippen LogP) is 1.76. The number of hydrogen-bond donors (Lipinski definition) is 0. The predicted molar refractivity (Wildman–Crippen MR) is 59.1 cm³/mol. The minimum absolute atomic E-state index is 0.318. The van der Waals surface area contributed by atoms with Crippen LogP contribution in [0.15, 0.2) is 12.4 Å². The van der Waals surface area contributed by atoms with Gasteiger partial charge in [0.2, 0.25) is 0 Å². The maximum atomic E-state index is 5.63. The summed E-state index contributed by atoms with van der Waals surface area (Å²) in [6.07, 6.45) is 3.81. The summed E-state index contributed by atoms with van der Waals surface area (Å²) in [5.74, 6) is 0.856. The first-order valence-electron chi connectivity index (χ1n) is 5.40. The summed E-state index contributed by atoms with van der Waals surface area (Å²) in [7, 11) is 1.92. The summed E-state index contributed by atoms with van der Waals surface area (Å²) >= 11 is 0. The Bertz CT molecular complexity index is 538. The second-order valence-electron chi connectivity index (χ2n) is 4.35. The Hall–Kier alpha value is -1.78. The number of rotatable bonds is 1. The Morgan fingerprint density at radius 2 is 2.25 bits per heavy atom. The molecule has 1 aliphatic rings. The fourth-order valence-electron chi connectivity index (χ4n) is 2.08. The van der Waals surface area contributed by atoms with Gasteiger partial charge in [-0.05, 0) is 13.8 Å². The zero-order valence-corrected chi connectivity index (χ0v) is 9.64. The van der Waals surface area contributed by atoms with E-state index in [4.69, 9.17) is 4.74 Å². The first-order chi connectivity index (χ1) is 7.66. The van der Waals surface area contributed by atoms with E-state index in [0.29, 0.717) is 12.6 Å². The zero-order chi connectivity index (χ0) is 11.3. The van der Waals surface area contributed by atoms with Gasteiger partial charge in [0.1, 0.15) is 18.0 Å². The van der Waals surface area contributed by atoms with Crippen molar-refractivity contribution in [2.24, 2.45) is 7.05 Å². The number of hydrogen-bond acceptors (Lipinski definition) is 3. The van der Waals surface area contributed by atoms with E-state index in [2.05, 4.69) is 24.0 Å². The average Bonchev–Trinajstić information content (AvgIpc) is 2.77. The van der Waals surface area contributed by atoms with Crippen molar-refractivity contribution in [3.63, 3.8) is 0 Å². The van der Waals surface area contributed by atoms with Gasteiger partial charge in [-0.1, -0.05) is 0 Å². The van der Waals surface area contributed by atoms with Crippen molar-refractivity contribution in [3.8, 4) is 17.0 Å². The van der Waals surface area contributed by atoms with Crippen LogP contribution < -0.4 is 4.74 Å². The van der Waals surface area contributed by atoms with Gasteiger partial charge in [0, 0.05) is 24.8 Å². The van der Waals surface area contributed by atoms with Gasteiger partial charge >= 0.3 is 0 Å². The van der Waals surface area contributed by atoms with Crippen molar-refractivity contribution < 1.29 is 4.74 Å². The van der Waals surface area contributed by atoms with Crippen molar-refractivity contribution in [2.75, 3.05) is 0 Å². The van der Waals surface area contributed by atoms with Gasteiger partial charge in [-0.3, -0.25) is 9.36 Å². The van der Waals surface area contributed by atoms with Crippen LogP contribution in [0, 0.1) is 0 Å². The van der Waals surface area contributed by atoms with E-state index in [1.165, 1.54) is 0 Å². The second kappa shape index (κ2) is 3.10. The van der Waals surface area contributed by atoms with Crippen molar-refractivity contribution in [3.05, 3.63) is 18.1 Å². The summed E-state index contributed by atoms with van der Waals surface area (Å²) in [6.45, 7) is 4.75. The van der Waals surface area contributed by atoms with E-state index >= 15 is 0 Å². The third-order valence-electron chi connectivity index (χ3n) is 2.78. The average molecular weight is 218 g/mol. The zero-order valence-electron chi connectivity index (χ0n) is 9.64. The van der Waals surface area contributed by atoms with Crippen LogP contribution in [0.1, 0.15) is 25.6 Å². The smallest absolute Gasteiger partial charge is 0.165 e. The van der Waals surface area contributed by atoms with Crippen molar-refractivity contribution in [2.45, 2.75) is 26.5 Å². The van der Waals surface area contributed by atoms with Gasteiger partial charge < -0.3 is 4.74 Å². The minimum Gasteiger partial charge on any atom is -0.483 e. The van der Waals surface area contributed by atoms with Gasteiger partial charge in [0.25, 0.3) is 0 Å². The van der Waals surface area contributed by atoms with Crippen molar-refractivity contribution >= 4 is 0 Å². The Kier molecular flexibility index (Phi) is 1.83. The fourth-order valence-corrected chi connectivity index (χ4v) is 2.08. The topological polar surface area (TPSA) is 44.9 Å². The van der Waals surface area contributed by atoms with Crippen molar-refractivity contribution in [1.82, 2.24) is 19.6 Å². The lowest BCUT2D eigenvalue weighted by Crippen LogP contribution is -2.09. The van der Waals surface area contributed by atoms with Gasteiger partial charge in [-0.2, -0.15) is 10.2 Å². The maximum absolute atomic E-state index is 5.63. The number of aromatic nitrogens is 4. The molecule has 5 nitrogen and oxygen atoms in total. The molecule has 0 aromatic carbocycles. The lowest BCUT2D eigenvalue weighted by Gasteiger charge is -2.16. The van der Waals surface area contributed by atoms with Crippen LogP contribution in [-0.4, -0.2) is 19.6 Å². The summed E-state index contributed by atoms with van der Waals surface area (Å²) < 4.78 is 9.44. The normalized spacial score (nSPS) is 13.5. The van der Waals surface area contributed by atoms with E-state index in [0.717, 1.165) is 22.7 Å². The summed E-state index contributed by atoms with van der Waals surface area (Å²) in [5, 5.41) is 8.74. The van der Waals surface area contributed by atoms with Crippen LogP contribution in [0.2, 0.25) is 0 Å². The molecule has 0 saturated heterocycles. The van der Waals surface area contributed by atoms with Crippen molar-refractivity contribution in [1.29, 1.82) is 0 Å². The highest BCUT2D eigenvalue weighted by Gasteiger charge is 2.25. The Morgan fingerprint density at radius 1 is 1.44 bits per heavy atom. The van der Waals surface area contributed by atoms with Crippen LogP contribution in [0.25, 0.3) is 11.3 Å². The molecule has 0 fully saturated rings. The second-order valence-corrected chi connectivity index (χ2v) is 4.35. The fraction of sp³-hybridized carbons (Fsp3) is 0.455. The van der Waals surface area contributed by atoms with E-state index < -0.39 is 0 Å². The van der Waals surface area contributed by atoms with Gasteiger partial charge in [0.15, 0.2) is 5.75 Å². The molecule has 0 bridgehead atoms. The number of ether oxygens (including phenoxy) is 1. The summed E-state index contributed by atoms with van der Waals surface area (Å²) in [5.41, 5.74) is 3.16. The van der Waals surface area contributed by atoms with Gasteiger partial charge in [0.05, 0.1) is 6.20 Å². The molecule has 5 heteroatoms. The first kappa shape index (κ1) is 9.45. The highest BCUT2D eigenvalue weighted by molar-refractivity contribution is 5.69. The number of fused-ring (bicyclic) bond motifs is 3. The highest BCUT2D eigenvalue weighted by atomic mass is 16.5. The number of aryl methyl sites for hydroxylation is 1. The first-order valence-corrected chi connectivity index (χ1v) is 5.40. The summed E-state index contributed by atoms with van der Waals surface area (Å²) in [6, 6.07) is 0.318. The molecule has 2 aromatic heterocycles. The van der Waals surface area contributed by atoms with Crippen LogP contribution in [-0.2, 0) is 13.7 Å². The van der Waals surface area contributed by atoms with Crippen LogP contribution in [0.4, 0.5) is 0 Å². The Labute approximate surface area is 93.6 Å². The Morgan fingerprint density at radius 3 is 3.00 bits per heavy atom. The molecule has 0 spiro atoms. The molecule has 84 valence electrons. The van der Waals surface area contributed by atoms with Crippen LogP contribution in [0.5, 0.6) is 5.75 Å². The van der Waals surface area contributed by atoms with Crippen LogP contribution in [0.3, 0.4) is 0 Å². The molecule has 2 aromatic rings. The molecule has 0 N–H and O–H groups in total. The molecule has 0 atom stereocenters. The molecule has 0 unspecified atom stereocenters. The van der Waals surface area contributed by atoms with Crippen LogP contribution >= 0.6 is 0 Å². The Balaban J connectivity index is 2.24. The molecule has 3 rings (SSSR count). The van der Waals surface area contributed by atoms with E-state index in [9.17, 15) is 0 Å². The molecule has 0 amide bonds. The third-order valence-corrected chi connectivity index (χ3v) is 2.78. The maximum Gasteiger partial charge on any atom is 0.165 e. The van der Waals surface area contributed by atoms with Gasteiger partial charge in [-0.15, -0.1) is 0 Å². The minimum atomic E-state index is 0.318. The molecule has 0 saturated carbocycles. The molecular weight excluding hydrogens is 204 g/mol. The molecule has 0 aliphatic carbocycles. The largest absolute Gasteiger partial charge is 0.483 e. The van der Waals surface area contributed by atoms with Gasteiger partial charge in [-0.25, -0.2) is 0 Å². The quantitative estimate of drug-likeness (QED) is 0.732. The number of nitrogens with zero attached hydrogens (tertiary/aromatic N) is 4. The monoisotopic (exact) mass is 218 g/mol. The van der Waals surface area contributed by atoms with E-state index in [1.54, 1.807) is 6.20 Å². The van der Waals surface area contributed by atoms with E-state index in [1.807, 2.05) is 22.6 Å². The summed E-state index contributed by atoms with van der Waals surface area (Å²) in [4.78, 5) is 0. The molecule has 3 heterocycles. The molecule has 0 radical (unpaired) electrons. The molecular formula is C11H14N4O.